The van der Waals surface area contributed by atoms with Gasteiger partial charge in [-0.05, 0) is 31.0 Å². The van der Waals surface area contributed by atoms with Gasteiger partial charge in [-0.1, -0.05) is 12.1 Å². The molecule has 1 aromatic rings. The Hall–Kier alpha value is -1.47. The minimum Gasteiger partial charge on any atom is -0.211 e. The van der Waals surface area contributed by atoms with Crippen LogP contribution in [0.4, 0.5) is 4.39 Å². The lowest BCUT2D eigenvalue weighted by Gasteiger charge is -2.05. The van der Waals surface area contributed by atoms with Crippen LogP contribution in [0.1, 0.15) is 24.1 Å². The van der Waals surface area contributed by atoms with Crippen molar-refractivity contribution in [2.75, 3.05) is 0 Å². The van der Waals surface area contributed by atoms with Crippen LogP contribution in [0.15, 0.2) is 23.2 Å². The fourth-order valence-electron chi connectivity index (χ4n) is 1.08. The molecule has 0 aromatic heterocycles. The highest BCUT2D eigenvalue weighted by Crippen LogP contribution is 2.18. The number of isocyanates is 1. The van der Waals surface area contributed by atoms with E-state index in [4.69, 9.17) is 0 Å². The van der Waals surface area contributed by atoms with Crippen molar-refractivity contribution in [2.45, 2.75) is 19.9 Å². The Morgan fingerprint density at radius 1 is 1.54 bits per heavy atom. The maximum Gasteiger partial charge on any atom is 0.235 e. The van der Waals surface area contributed by atoms with Gasteiger partial charge in [-0.2, -0.15) is 4.99 Å². The number of hydrogen-bond acceptors (Lipinski definition) is 2. The van der Waals surface area contributed by atoms with Crippen molar-refractivity contribution in [1.82, 2.24) is 0 Å². The molecule has 0 N–H and O–H groups in total. The van der Waals surface area contributed by atoms with E-state index in [1.165, 1.54) is 12.1 Å². The van der Waals surface area contributed by atoms with Gasteiger partial charge in [0.15, 0.2) is 0 Å². The van der Waals surface area contributed by atoms with E-state index in [0.29, 0.717) is 5.56 Å². The molecular formula is C10H10FNO. The van der Waals surface area contributed by atoms with E-state index in [-0.39, 0.29) is 11.9 Å². The molecule has 1 atom stereocenters. The van der Waals surface area contributed by atoms with Gasteiger partial charge in [0.05, 0.1) is 6.04 Å². The van der Waals surface area contributed by atoms with Gasteiger partial charge in [0.1, 0.15) is 5.82 Å². The molecule has 0 fully saturated rings. The Balaban J connectivity index is 3.03. The van der Waals surface area contributed by atoms with Crippen molar-refractivity contribution in [3.8, 4) is 0 Å². The van der Waals surface area contributed by atoms with Gasteiger partial charge in [0.2, 0.25) is 6.08 Å². The zero-order valence-corrected chi connectivity index (χ0v) is 7.54. The van der Waals surface area contributed by atoms with Crippen LogP contribution in [-0.2, 0) is 4.79 Å². The van der Waals surface area contributed by atoms with Crippen LogP contribution < -0.4 is 0 Å². The molecule has 1 aromatic carbocycles. The highest BCUT2D eigenvalue weighted by molar-refractivity contribution is 5.36. The monoisotopic (exact) mass is 179 g/mol. The largest absolute Gasteiger partial charge is 0.235 e. The number of nitrogens with zero attached hydrogens (tertiary/aromatic N) is 1. The van der Waals surface area contributed by atoms with Crippen molar-refractivity contribution >= 4 is 6.08 Å². The van der Waals surface area contributed by atoms with Crippen molar-refractivity contribution in [3.63, 3.8) is 0 Å². The number of carbonyl (C=O) groups excluding carboxylic acids is 1. The van der Waals surface area contributed by atoms with E-state index in [2.05, 4.69) is 4.99 Å². The number of rotatable bonds is 2. The fourth-order valence-corrected chi connectivity index (χ4v) is 1.08. The molecule has 0 saturated heterocycles. The molecule has 13 heavy (non-hydrogen) atoms. The summed E-state index contributed by atoms with van der Waals surface area (Å²) in [6, 6.07) is 4.42. The molecule has 68 valence electrons. The van der Waals surface area contributed by atoms with E-state index < -0.39 is 0 Å². The van der Waals surface area contributed by atoms with Crippen LogP contribution in [0, 0.1) is 12.7 Å². The average Bonchev–Trinajstić information content (AvgIpc) is 2.10. The van der Waals surface area contributed by atoms with Crippen molar-refractivity contribution in [2.24, 2.45) is 4.99 Å². The average molecular weight is 179 g/mol. The van der Waals surface area contributed by atoms with Crippen LogP contribution >= 0.6 is 0 Å². The molecule has 3 heteroatoms. The summed E-state index contributed by atoms with van der Waals surface area (Å²) >= 11 is 0. The van der Waals surface area contributed by atoms with E-state index in [9.17, 15) is 9.18 Å². The quantitative estimate of drug-likeness (QED) is 0.506. The Bertz CT molecular complexity index is 356. The maximum atomic E-state index is 12.8. The second kappa shape index (κ2) is 3.97. The maximum absolute atomic E-state index is 12.8. The smallest absolute Gasteiger partial charge is 0.211 e. The molecule has 0 aliphatic carbocycles. The predicted molar refractivity (Wildman–Crippen MR) is 47.7 cm³/mol. The predicted octanol–water partition coefficient (Wildman–Crippen LogP) is 2.53. The fraction of sp³-hybridized carbons (Fsp3) is 0.300. The molecular weight excluding hydrogens is 169 g/mol. The Kier molecular flexibility index (Phi) is 2.93. The molecule has 0 radical (unpaired) electrons. The summed E-state index contributed by atoms with van der Waals surface area (Å²) in [6.45, 7) is 3.44. The lowest BCUT2D eigenvalue weighted by atomic mass is 10.1. The highest BCUT2D eigenvalue weighted by Gasteiger charge is 2.05. The molecule has 0 saturated carbocycles. The van der Waals surface area contributed by atoms with Crippen molar-refractivity contribution < 1.29 is 9.18 Å². The Labute approximate surface area is 76.1 Å². The van der Waals surface area contributed by atoms with Crippen LogP contribution in [0.5, 0.6) is 0 Å². The zero-order valence-electron chi connectivity index (χ0n) is 7.54. The van der Waals surface area contributed by atoms with Gasteiger partial charge in [-0.25, -0.2) is 9.18 Å². The molecule has 0 heterocycles. The van der Waals surface area contributed by atoms with Crippen molar-refractivity contribution in [3.05, 3.63) is 35.1 Å². The molecule has 0 aliphatic heterocycles. The van der Waals surface area contributed by atoms with Gasteiger partial charge < -0.3 is 0 Å². The summed E-state index contributed by atoms with van der Waals surface area (Å²) < 4.78 is 12.8. The molecule has 1 unspecified atom stereocenters. The summed E-state index contributed by atoms with van der Waals surface area (Å²) in [6.07, 6.45) is 1.48. The first-order valence-corrected chi connectivity index (χ1v) is 3.98. The third-order valence-electron chi connectivity index (χ3n) is 1.91. The molecule has 0 aliphatic rings. The van der Waals surface area contributed by atoms with Crippen LogP contribution in [-0.4, -0.2) is 6.08 Å². The molecule has 2 nitrogen and oxygen atoms in total. The first-order chi connectivity index (χ1) is 6.15. The molecule has 0 amide bonds. The Morgan fingerprint density at radius 3 is 2.77 bits per heavy atom. The normalized spacial score (nSPS) is 11.9. The summed E-state index contributed by atoms with van der Waals surface area (Å²) in [5.41, 5.74) is 1.38. The summed E-state index contributed by atoms with van der Waals surface area (Å²) in [5.74, 6) is -0.244. The number of aryl methyl sites for hydroxylation is 1. The van der Waals surface area contributed by atoms with Crippen LogP contribution in [0.2, 0.25) is 0 Å². The van der Waals surface area contributed by atoms with Gasteiger partial charge >= 0.3 is 0 Å². The second-order valence-electron chi connectivity index (χ2n) is 2.90. The number of hydrogen-bond donors (Lipinski definition) is 0. The van der Waals surface area contributed by atoms with E-state index in [1.807, 2.05) is 0 Å². The number of halogens is 1. The first kappa shape index (κ1) is 9.62. The van der Waals surface area contributed by atoms with Gasteiger partial charge in [-0.15, -0.1) is 0 Å². The van der Waals surface area contributed by atoms with Crippen LogP contribution in [0.3, 0.4) is 0 Å². The van der Waals surface area contributed by atoms with E-state index in [1.54, 1.807) is 26.0 Å². The lowest BCUT2D eigenvalue weighted by molar-refractivity contribution is 0.559. The van der Waals surface area contributed by atoms with Gasteiger partial charge in [-0.3, -0.25) is 0 Å². The summed E-state index contributed by atoms with van der Waals surface area (Å²) in [7, 11) is 0. The van der Waals surface area contributed by atoms with E-state index in [0.717, 1.165) is 5.56 Å². The second-order valence-corrected chi connectivity index (χ2v) is 2.90. The van der Waals surface area contributed by atoms with E-state index >= 15 is 0 Å². The van der Waals surface area contributed by atoms with Gasteiger partial charge in [0, 0.05) is 0 Å². The number of aliphatic imine (C=N–C) groups is 1. The Morgan fingerprint density at radius 2 is 2.23 bits per heavy atom. The summed E-state index contributed by atoms with van der Waals surface area (Å²) in [5, 5.41) is 0. The zero-order chi connectivity index (χ0) is 9.84. The minimum atomic E-state index is -0.253. The number of benzene rings is 1. The lowest BCUT2D eigenvalue weighted by Crippen LogP contribution is -1.91. The SMILES string of the molecule is Cc1cc(C(C)N=C=O)ccc1F. The standard InChI is InChI=1S/C10H10FNO/c1-7-5-9(3-4-10(7)11)8(2)12-6-13/h3-5,8H,1-2H3. The molecule has 0 spiro atoms. The first-order valence-electron chi connectivity index (χ1n) is 3.98. The third-order valence-corrected chi connectivity index (χ3v) is 1.91. The van der Waals surface area contributed by atoms with Crippen molar-refractivity contribution in [1.29, 1.82) is 0 Å². The molecule has 1 rings (SSSR count). The van der Waals surface area contributed by atoms with Gasteiger partial charge in [0.25, 0.3) is 0 Å². The minimum absolute atomic E-state index is 0.244. The summed E-state index contributed by atoms with van der Waals surface area (Å²) in [4.78, 5) is 13.5. The molecule has 0 bridgehead atoms. The van der Waals surface area contributed by atoms with Crippen LogP contribution in [0.25, 0.3) is 0 Å². The third kappa shape index (κ3) is 2.23. The highest BCUT2D eigenvalue weighted by atomic mass is 19.1. The topological polar surface area (TPSA) is 29.4 Å².